The van der Waals surface area contributed by atoms with Gasteiger partial charge in [-0.1, -0.05) is 37.3 Å². The summed E-state index contributed by atoms with van der Waals surface area (Å²) in [5, 5.41) is 9.38. The third-order valence-corrected chi connectivity index (χ3v) is 4.94. The van der Waals surface area contributed by atoms with Crippen LogP contribution in [0.15, 0.2) is 30.3 Å². The van der Waals surface area contributed by atoms with Gasteiger partial charge in [0, 0.05) is 6.54 Å². The fourth-order valence-corrected chi connectivity index (χ4v) is 3.12. The number of piperidine rings is 1. The second kappa shape index (κ2) is 7.08. The first-order valence-corrected chi connectivity index (χ1v) is 8.03. The molecule has 0 amide bonds. The Morgan fingerprint density at radius 1 is 1.29 bits per heavy atom. The quantitative estimate of drug-likeness (QED) is 0.872. The molecule has 3 heteroatoms. The van der Waals surface area contributed by atoms with Crippen LogP contribution >= 0.6 is 0 Å². The number of nitrogens with zero attached hydrogens (tertiary/aromatic N) is 1. The fourth-order valence-electron chi connectivity index (χ4n) is 3.12. The Labute approximate surface area is 128 Å². The SMILES string of the molecule is CCC(C)(CN1CCC(Cc2ccccc2)CC1)C(=O)O. The third kappa shape index (κ3) is 4.31. The first-order chi connectivity index (χ1) is 10.0. The van der Waals surface area contributed by atoms with Crippen LogP contribution in [0.3, 0.4) is 0 Å². The molecule has 0 spiro atoms. The maximum absolute atomic E-state index is 11.4. The Kier molecular flexibility index (Phi) is 5.40. The average Bonchev–Trinajstić information content (AvgIpc) is 2.50. The molecule has 0 aliphatic carbocycles. The predicted octanol–water partition coefficient (Wildman–Crippen LogP) is 3.44. The number of carboxylic acid groups (broad SMARTS) is 1. The standard InChI is InChI=1S/C18H27NO2/c1-3-18(2,17(20)21)14-19-11-9-16(10-12-19)13-15-7-5-4-6-8-15/h4-8,16H,3,9-14H2,1-2H3,(H,20,21). The van der Waals surface area contributed by atoms with Crippen LogP contribution < -0.4 is 0 Å². The molecule has 0 bridgehead atoms. The van der Waals surface area contributed by atoms with Crippen molar-refractivity contribution in [1.29, 1.82) is 0 Å². The molecule has 2 rings (SSSR count). The van der Waals surface area contributed by atoms with Crippen LogP contribution in [0, 0.1) is 11.3 Å². The van der Waals surface area contributed by atoms with Gasteiger partial charge < -0.3 is 10.0 Å². The molecule has 1 fully saturated rings. The number of carbonyl (C=O) groups is 1. The molecular weight excluding hydrogens is 262 g/mol. The Morgan fingerprint density at radius 2 is 1.90 bits per heavy atom. The zero-order chi connectivity index (χ0) is 15.3. The van der Waals surface area contributed by atoms with Crippen molar-refractivity contribution in [2.75, 3.05) is 19.6 Å². The van der Waals surface area contributed by atoms with Gasteiger partial charge in [-0.3, -0.25) is 4.79 Å². The van der Waals surface area contributed by atoms with E-state index >= 15 is 0 Å². The summed E-state index contributed by atoms with van der Waals surface area (Å²) in [5.74, 6) is 0.0674. The highest BCUT2D eigenvalue weighted by atomic mass is 16.4. The number of hydrogen-bond acceptors (Lipinski definition) is 2. The molecule has 1 unspecified atom stereocenters. The lowest BCUT2D eigenvalue weighted by Gasteiger charge is -2.36. The van der Waals surface area contributed by atoms with Crippen LogP contribution in [0.4, 0.5) is 0 Å². The molecule has 1 aliphatic heterocycles. The van der Waals surface area contributed by atoms with E-state index in [0.717, 1.165) is 25.4 Å². The van der Waals surface area contributed by atoms with Crippen molar-refractivity contribution in [2.45, 2.75) is 39.5 Å². The first-order valence-electron chi connectivity index (χ1n) is 8.03. The summed E-state index contributed by atoms with van der Waals surface area (Å²) in [6.45, 7) is 6.57. The van der Waals surface area contributed by atoms with Crippen LogP contribution in [-0.4, -0.2) is 35.6 Å². The van der Waals surface area contributed by atoms with E-state index in [1.54, 1.807) is 0 Å². The van der Waals surface area contributed by atoms with Gasteiger partial charge in [0.1, 0.15) is 0 Å². The molecule has 1 aliphatic rings. The summed E-state index contributed by atoms with van der Waals surface area (Å²) in [4.78, 5) is 13.7. The number of aliphatic carboxylic acids is 1. The topological polar surface area (TPSA) is 40.5 Å². The van der Waals surface area contributed by atoms with E-state index in [0.29, 0.717) is 13.0 Å². The van der Waals surface area contributed by atoms with E-state index in [1.165, 1.54) is 18.4 Å². The molecule has 1 heterocycles. The Morgan fingerprint density at radius 3 is 2.43 bits per heavy atom. The third-order valence-electron chi connectivity index (χ3n) is 4.94. The normalized spacial score (nSPS) is 20.1. The Hall–Kier alpha value is -1.35. The summed E-state index contributed by atoms with van der Waals surface area (Å²) in [7, 11) is 0. The molecule has 1 N–H and O–H groups in total. The van der Waals surface area contributed by atoms with E-state index in [4.69, 9.17) is 0 Å². The maximum atomic E-state index is 11.4. The fraction of sp³-hybridized carbons (Fsp3) is 0.611. The van der Waals surface area contributed by atoms with E-state index in [2.05, 4.69) is 35.2 Å². The van der Waals surface area contributed by atoms with Gasteiger partial charge in [0.2, 0.25) is 0 Å². The molecule has 0 saturated carbocycles. The molecule has 1 aromatic rings. The van der Waals surface area contributed by atoms with E-state index in [1.807, 2.05) is 13.8 Å². The smallest absolute Gasteiger partial charge is 0.310 e. The largest absolute Gasteiger partial charge is 0.481 e. The molecule has 1 atom stereocenters. The molecule has 1 saturated heterocycles. The van der Waals surface area contributed by atoms with Gasteiger partial charge in [0.25, 0.3) is 0 Å². The van der Waals surface area contributed by atoms with Crippen LogP contribution in [0.2, 0.25) is 0 Å². The molecule has 116 valence electrons. The molecule has 0 aromatic heterocycles. The summed E-state index contributed by atoms with van der Waals surface area (Å²) >= 11 is 0. The minimum atomic E-state index is -0.670. The lowest BCUT2D eigenvalue weighted by atomic mass is 9.85. The average molecular weight is 289 g/mol. The molecular formula is C18H27NO2. The molecule has 0 radical (unpaired) electrons. The first kappa shape index (κ1) is 16.0. The Balaban J connectivity index is 1.82. The van der Waals surface area contributed by atoms with Gasteiger partial charge in [-0.05, 0) is 57.2 Å². The van der Waals surface area contributed by atoms with E-state index < -0.39 is 11.4 Å². The van der Waals surface area contributed by atoms with Gasteiger partial charge in [-0.2, -0.15) is 0 Å². The molecule has 1 aromatic carbocycles. The second-order valence-electron chi connectivity index (χ2n) is 6.63. The van der Waals surface area contributed by atoms with Gasteiger partial charge in [-0.25, -0.2) is 0 Å². The number of benzene rings is 1. The van der Waals surface area contributed by atoms with Crippen LogP contribution in [0.25, 0.3) is 0 Å². The summed E-state index contributed by atoms with van der Waals surface area (Å²) in [6, 6.07) is 10.7. The van der Waals surface area contributed by atoms with E-state index in [9.17, 15) is 9.90 Å². The number of carboxylic acids is 1. The van der Waals surface area contributed by atoms with Gasteiger partial charge in [0.05, 0.1) is 5.41 Å². The van der Waals surface area contributed by atoms with Crippen molar-refractivity contribution < 1.29 is 9.90 Å². The monoisotopic (exact) mass is 289 g/mol. The number of likely N-dealkylation sites (tertiary alicyclic amines) is 1. The lowest BCUT2D eigenvalue weighted by Crippen LogP contribution is -2.44. The van der Waals surface area contributed by atoms with Gasteiger partial charge >= 0.3 is 5.97 Å². The highest BCUT2D eigenvalue weighted by Gasteiger charge is 2.34. The second-order valence-corrected chi connectivity index (χ2v) is 6.63. The van der Waals surface area contributed by atoms with Gasteiger partial charge in [-0.15, -0.1) is 0 Å². The number of hydrogen-bond donors (Lipinski definition) is 1. The highest BCUT2D eigenvalue weighted by Crippen LogP contribution is 2.27. The Bertz CT molecular complexity index is 452. The summed E-state index contributed by atoms with van der Waals surface area (Å²) < 4.78 is 0. The van der Waals surface area contributed by atoms with Crippen molar-refractivity contribution in [2.24, 2.45) is 11.3 Å². The molecule has 21 heavy (non-hydrogen) atoms. The van der Waals surface area contributed by atoms with Crippen molar-refractivity contribution in [1.82, 2.24) is 4.90 Å². The summed E-state index contributed by atoms with van der Waals surface area (Å²) in [6.07, 6.45) is 4.19. The maximum Gasteiger partial charge on any atom is 0.310 e. The van der Waals surface area contributed by atoms with Crippen molar-refractivity contribution in [3.8, 4) is 0 Å². The van der Waals surface area contributed by atoms with Crippen LogP contribution in [0.1, 0.15) is 38.7 Å². The van der Waals surface area contributed by atoms with Crippen molar-refractivity contribution >= 4 is 5.97 Å². The minimum absolute atomic E-state index is 0.605. The van der Waals surface area contributed by atoms with Crippen molar-refractivity contribution in [3.05, 3.63) is 35.9 Å². The summed E-state index contributed by atoms with van der Waals surface area (Å²) in [5.41, 5.74) is 0.812. The van der Waals surface area contributed by atoms with E-state index in [-0.39, 0.29) is 0 Å². The predicted molar refractivity (Wildman–Crippen MR) is 85.3 cm³/mol. The highest BCUT2D eigenvalue weighted by molar-refractivity contribution is 5.74. The molecule has 3 nitrogen and oxygen atoms in total. The zero-order valence-corrected chi connectivity index (χ0v) is 13.2. The van der Waals surface area contributed by atoms with Gasteiger partial charge in [0.15, 0.2) is 0 Å². The lowest BCUT2D eigenvalue weighted by molar-refractivity contribution is -0.149. The van der Waals surface area contributed by atoms with Crippen LogP contribution in [0.5, 0.6) is 0 Å². The van der Waals surface area contributed by atoms with Crippen LogP contribution in [-0.2, 0) is 11.2 Å². The minimum Gasteiger partial charge on any atom is -0.481 e. The zero-order valence-electron chi connectivity index (χ0n) is 13.2. The van der Waals surface area contributed by atoms with Crippen molar-refractivity contribution in [3.63, 3.8) is 0 Å². The number of rotatable bonds is 6.